The van der Waals surface area contributed by atoms with Crippen LogP contribution in [0.25, 0.3) is 0 Å². The van der Waals surface area contributed by atoms with E-state index >= 15 is 0 Å². The van der Waals surface area contributed by atoms with E-state index in [1.165, 1.54) is 6.07 Å². The summed E-state index contributed by atoms with van der Waals surface area (Å²) in [4.78, 5) is 4.28. The molecule has 0 spiro atoms. The third-order valence-corrected chi connectivity index (χ3v) is 2.91. The third kappa shape index (κ3) is 3.81. The first kappa shape index (κ1) is 13.6. The van der Waals surface area contributed by atoms with Crippen LogP contribution in [0, 0.1) is 11.7 Å². The van der Waals surface area contributed by atoms with Gasteiger partial charge in [0.1, 0.15) is 5.82 Å². The van der Waals surface area contributed by atoms with Crippen LogP contribution < -0.4 is 5.32 Å². The van der Waals surface area contributed by atoms with Crippen LogP contribution in [0.2, 0.25) is 0 Å². The summed E-state index contributed by atoms with van der Waals surface area (Å²) in [5.74, 6) is 1.28. The van der Waals surface area contributed by atoms with E-state index in [4.69, 9.17) is 0 Å². The van der Waals surface area contributed by atoms with Crippen molar-refractivity contribution < 1.29 is 4.39 Å². The number of nitrogens with zero attached hydrogens (tertiary/aromatic N) is 2. The molecule has 3 nitrogen and oxygen atoms in total. The van der Waals surface area contributed by atoms with Crippen molar-refractivity contribution in [3.8, 4) is 0 Å². The maximum atomic E-state index is 13.5. The van der Waals surface area contributed by atoms with Crippen LogP contribution in [0.3, 0.4) is 0 Å². The quantitative estimate of drug-likeness (QED) is 0.864. The predicted octanol–water partition coefficient (Wildman–Crippen LogP) is 3.33. The molecule has 102 valence electrons. The number of hydrogen-bond acceptors (Lipinski definition) is 2. The van der Waals surface area contributed by atoms with Crippen molar-refractivity contribution in [2.75, 3.05) is 11.9 Å². The molecule has 0 amide bonds. The van der Waals surface area contributed by atoms with Crippen LogP contribution in [0.1, 0.15) is 19.4 Å². The third-order valence-electron chi connectivity index (χ3n) is 2.91. The summed E-state index contributed by atoms with van der Waals surface area (Å²) in [6, 6.07) is 6.88. The zero-order valence-electron chi connectivity index (χ0n) is 11.4. The zero-order valence-corrected chi connectivity index (χ0v) is 11.4. The normalized spacial score (nSPS) is 10.9. The van der Waals surface area contributed by atoms with E-state index < -0.39 is 0 Å². The van der Waals surface area contributed by atoms with Crippen molar-refractivity contribution in [2.45, 2.75) is 26.8 Å². The van der Waals surface area contributed by atoms with Gasteiger partial charge in [0.25, 0.3) is 0 Å². The fraction of sp³-hybridized carbons (Fsp3) is 0.400. The molecule has 1 aromatic heterocycles. The lowest BCUT2D eigenvalue weighted by atomic mass is 10.1. The molecule has 0 unspecified atom stereocenters. The Morgan fingerprint density at radius 1 is 1.32 bits per heavy atom. The Bertz CT molecular complexity index is 520. The highest BCUT2D eigenvalue weighted by Gasteiger charge is 2.05. The number of rotatable bonds is 6. The number of anilines is 1. The van der Waals surface area contributed by atoms with Crippen LogP contribution in [0.15, 0.2) is 36.7 Å². The van der Waals surface area contributed by atoms with Gasteiger partial charge in [-0.1, -0.05) is 32.0 Å². The second kappa shape index (κ2) is 6.36. The number of nitrogens with one attached hydrogen (secondary N) is 1. The van der Waals surface area contributed by atoms with Crippen molar-refractivity contribution in [3.63, 3.8) is 0 Å². The topological polar surface area (TPSA) is 29.9 Å². The molecule has 0 aliphatic carbocycles. The van der Waals surface area contributed by atoms with Crippen molar-refractivity contribution in [1.29, 1.82) is 0 Å². The Hall–Kier alpha value is -1.84. The summed E-state index contributed by atoms with van der Waals surface area (Å²) < 4.78 is 15.5. The van der Waals surface area contributed by atoms with Gasteiger partial charge in [-0.2, -0.15) is 0 Å². The standard InChI is InChI=1S/C15H20FN3/c1-12(2)11-19-10-9-18-15(19)17-8-7-13-5-3-4-6-14(13)16/h3-6,9-10,12H,7-8,11H2,1-2H3,(H,17,18). The smallest absolute Gasteiger partial charge is 0.202 e. The zero-order chi connectivity index (χ0) is 13.7. The van der Waals surface area contributed by atoms with Gasteiger partial charge in [-0.25, -0.2) is 9.37 Å². The van der Waals surface area contributed by atoms with Crippen LogP contribution in [-0.4, -0.2) is 16.1 Å². The number of halogens is 1. The summed E-state index contributed by atoms with van der Waals surface area (Å²) in [6.07, 6.45) is 4.40. The molecule has 19 heavy (non-hydrogen) atoms. The first-order valence-corrected chi connectivity index (χ1v) is 6.65. The Morgan fingerprint density at radius 2 is 2.11 bits per heavy atom. The lowest BCUT2D eigenvalue weighted by molar-refractivity contribution is 0.526. The summed E-state index contributed by atoms with van der Waals surface area (Å²) >= 11 is 0. The van der Waals surface area contributed by atoms with E-state index in [-0.39, 0.29) is 5.82 Å². The van der Waals surface area contributed by atoms with Crippen LogP contribution >= 0.6 is 0 Å². The van der Waals surface area contributed by atoms with Crippen molar-refractivity contribution >= 4 is 5.95 Å². The first-order chi connectivity index (χ1) is 9.16. The van der Waals surface area contributed by atoms with E-state index in [9.17, 15) is 4.39 Å². The molecule has 0 aliphatic rings. The Labute approximate surface area is 113 Å². The largest absolute Gasteiger partial charge is 0.355 e. The molecule has 1 heterocycles. The van der Waals surface area contributed by atoms with Crippen molar-refractivity contribution in [3.05, 3.63) is 48.0 Å². The molecule has 4 heteroatoms. The molecule has 1 N–H and O–H groups in total. The average Bonchev–Trinajstić information content (AvgIpc) is 2.78. The molecule has 0 atom stereocenters. The SMILES string of the molecule is CC(C)Cn1ccnc1NCCc1ccccc1F. The van der Waals surface area contributed by atoms with Crippen molar-refractivity contribution in [2.24, 2.45) is 5.92 Å². The molecular weight excluding hydrogens is 241 g/mol. The second-order valence-corrected chi connectivity index (χ2v) is 5.07. The van der Waals surface area contributed by atoms with Gasteiger partial charge in [0.2, 0.25) is 5.95 Å². The fourth-order valence-corrected chi connectivity index (χ4v) is 2.03. The molecule has 0 bridgehead atoms. The van der Waals surface area contributed by atoms with Crippen molar-refractivity contribution in [1.82, 2.24) is 9.55 Å². The number of hydrogen-bond donors (Lipinski definition) is 1. The van der Waals surface area contributed by atoms with Gasteiger partial charge in [0, 0.05) is 25.5 Å². The number of benzene rings is 1. The molecule has 1 aromatic carbocycles. The van der Waals surface area contributed by atoms with Gasteiger partial charge in [0.15, 0.2) is 0 Å². The fourth-order valence-electron chi connectivity index (χ4n) is 2.03. The molecule has 0 aliphatic heterocycles. The highest BCUT2D eigenvalue weighted by atomic mass is 19.1. The first-order valence-electron chi connectivity index (χ1n) is 6.65. The molecule has 2 aromatic rings. The van der Waals surface area contributed by atoms with Crippen LogP contribution in [0.4, 0.5) is 10.3 Å². The average molecular weight is 261 g/mol. The Kier molecular flexibility index (Phi) is 4.55. The highest BCUT2D eigenvalue weighted by molar-refractivity contribution is 5.27. The van der Waals surface area contributed by atoms with Crippen LogP contribution in [0.5, 0.6) is 0 Å². The van der Waals surface area contributed by atoms with Crippen LogP contribution in [-0.2, 0) is 13.0 Å². The lowest BCUT2D eigenvalue weighted by Crippen LogP contribution is -2.13. The van der Waals surface area contributed by atoms with Gasteiger partial charge in [-0.15, -0.1) is 0 Å². The maximum Gasteiger partial charge on any atom is 0.202 e. The summed E-state index contributed by atoms with van der Waals surface area (Å²) in [7, 11) is 0. The van der Waals surface area contributed by atoms with Gasteiger partial charge in [-0.05, 0) is 24.0 Å². The predicted molar refractivity (Wildman–Crippen MR) is 75.7 cm³/mol. The minimum Gasteiger partial charge on any atom is -0.355 e. The lowest BCUT2D eigenvalue weighted by Gasteiger charge is -2.11. The van der Waals surface area contributed by atoms with E-state index in [1.807, 2.05) is 18.3 Å². The highest BCUT2D eigenvalue weighted by Crippen LogP contribution is 2.10. The van der Waals surface area contributed by atoms with E-state index in [0.29, 0.717) is 18.9 Å². The minimum absolute atomic E-state index is 0.144. The van der Waals surface area contributed by atoms with Gasteiger partial charge in [-0.3, -0.25) is 0 Å². The van der Waals surface area contributed by atoms with E-state index in [0.717, 1.165) is 18.1 Å². The van der Waals surface area contributed by atoms with E-state index in [2.05, 4.69) is 28.7 Å². The number of imidazole rings is 1. The Balaban J connectivity index is 1.89. The molecular formula is C15H20FN3. The monoisotopic (exact) mass is 261 g/mol. The molecule has 2 rings (SSSR count). The van der Waals surface area contributed by atoms with Gasteiger partial charge < -0.3 is 9.88 Å². The minimum atomic E-state index is -0.144. The maximum absolute atomic E-state index is 13.5. The van der Waals surface area contributed by atoms with E-state index in [1.54, 1.807) is 12.3 Å². The molecule has 0 fully saturated rings. The molecule has 0 saturated carbocycles. The summed E-state index contributed by atoms with van der Waals surface area (Å²) in [6.45, 7) is 5.95. The Morgan fingerprint density at radius 3 is 2.84 bits per heavy atom. The van der Waals surface area contributed by atoms with Gasteiger partial charge >= 0.3 is 0 Å². The number of aromatic nitrogens is 2. The summed E-state index contributed by atoms with van der Waals surface area (Å²) in [5, 5.41) is 3.26. The van der Waals surface area contributed by atoms with Gasteiger partial charge in [0.05, 0.1) is 0 Å². The molecule has 0 saturated heterocycles. The molecule has 0 radical (unpaired) electrons. The summed E-state index contributed by atoms with van der Waals surface area (Å²) in [5.41, 5.74) is 0.733. The second-order valence-electron chi connectivity index (χ2n) is 5.07.